The minimum Gasteiger partial charge on any atom is -0.393 e. The second-order valence-electron chi connectivity index (χ2n) is 6.42. The molecule has 0 aliphatic rings. The average molecular weight is 307 g/mol. The number of rotatable bonds is 12. The second-order valence-corrected chi connectivity index (χ2v) is 6.42. The molecule has 1 aromatic rings. The van der Waals surface area contributed by atoms with Gasteiger partial charge in [0, 0.05) is 6.54 Å². The van der Waals surface area contributed by atoms with Crippen LogP contribution in [-0.4, -0.2) is 29.0 Å². The smallest absolute Gasteiger partial charge is 0.100 e. The lowest BCUT2D eigenvalue weighted by atomic mass is 9.95. The number of aliphatic hydroxyl groups is 2. The van der Waals surface area contributed by atoms with Gasteiger partial charge in [0.15, 0.2) is 0 Å². The van der Waals surface area contributed by atoms with Crippen LogP contribution in [0.1, 0.15) is 63.0 Å². The van der Waals surface area contributed by atoms with Crippen LogP contribution in [0.5, 0.6) is 0 Å². The standard InChI is InChI=1S/C19H33NO2/c1-2-3-4-5-6-7-8-17-9-11-18(12-10-17)13-14-19(22,15-20)16-21/h9-12,21-22H,2-8,13-16,20H2,1H3. The predicted octanol–water partition coefficient (Wildman–Crippen LogP) is 3.20. The monoisotopic (exact) mass is 307 g/mol. The highest BCUT2D eigenvalue weighted by atomic mass is 16.3. The van der Waals surface area contributed by atoms with Gasteiger partial charge in [-0.2, -0.15) is 0 Å². The van der Waals surface area contributed by atoms with Crippen molar-refractivity contribution in [2.75, 3.05) is 13.2 Å². The molecule has 1 rings (SSSR count). The van der Waals surface area contributed by atoms with E-state index < -0.39 is 5.60 Å². The van der Waals surface area contributed by atoms with Gasteiger partial charge < -0.3 is 15.9 Å². The van der Waals surface area contributed by atoms with Gasteiger partial charge in [-0.3, -0.25) is 0 Å². The first-order chi connectivity index (χ1) is 10.6. The third-order valence-corrected chi connectivity index (χ3v) is 4.40. The first kappa shape index (κ1) is 19.1. The van der Waals surface area contributed by atoms with E-state index in [2.05, 4.69) is 31.2 Å². The van der Waals surface area contributed by atoms with Crippen molar-refractivity contribution in [3.05, 3.63) is 35.4 Å². The molecule has 0 saturated heterocycles. The van der Waals surface area contributed by atoms with E-state index in [9.17, 15) is 5.11 Å². The summed E-state index contributed by atoms with van der Waals surface area (Å²) in [6.45, 7) is 2.07. The lowest BCUT2D eigenvalue weighted by molar-refractivity contribution is -0.0131. The van der Waals surface area contributed by atoms with Gasteiger partial charge in [0.1, 0.15) is 5.60 Å². The van der Waals surface area contributed by atoms with Gasteiger partial charge in [-0.15, -0.1) is 0 Å². The van der Waals surface area contributed by atoms with Crippen molar-refractivity contribution in [2.45, 2.75) is 70.3 Å². The molecule has 1 aromatic carbocycles. The molecular weight excluding hydrogens is 274 g/mol. The highest BCUT2D eigenvalue weighted by molar-refractivity contribution is 5.23. The lowest BCUT2D eigenvalue weighted by Gasteiger charge is -2.23. The van der Waals surface area contributed by atoms with Crippen molar-refractivity contribution in [3.63, 3.8) is 0 Å². The molecule has 126 valence electrons. The van der Waals surface area contributed by atoms with E-state index in [1.807, 2.05) is 0 Å². The van der Waals surface area contributed by atoms with Crippen LogP contribution < -0.4 is 5.73 Å². The average Bonchev–Trinajstić information content (AvgIpc) is 2.57. The zero-order valence-electron chi connectivity index (χ0n) is 14.1. The summed E-state index contributed by atoms with van der Waals surface area (Å²) in [5.41, 5.74) is 6.92. The Hall–Kier alpha value is -0.900. The van der Waals surface area contributed by atoms with Gasteiger partial charge in [-0.05, 0) is 36.8 Å². The molecule has 3 heteroatoms. The Morgan fingerprint density at radius 3 is 2.00 bits per heavy atom. The van der Waals surface area contributed by atoms with Crippen molar-refractivity contribution in [1.29, 1.82) is 0 Å². The number of unbranched alkanes of at least 4 members (excludes halogenated alkanes) is 5. The van der Waals surface area contributed by atoms with Crippen LogP contribution in [0.15, 0.2) is 24.3 Å². The minimum atomic E-state index is -1.14. The van der Waals surface area contributed by atoms with Crippen LogP contribution in [0.4, 0.5) is 0 Å². The molecule has 3 nitrogen and oxygen atoms in total. The topological polar surface area (TPSA) is 66.5 Å². The van der Waals surface area contributed by atoms with Gasteiger partial charge in [0.2, 0.25) is 0 Å². The summed E-state index contributed by atoms with van der Waals surface area (Å²) in [5, 5.41) is 19.1. The SMILES string of the molecule is CCCCCCCCc1ccc(CCC(O)(CN)CO)cc1. The van der Waals surface area contributed by atoms with Crippen LogP contribution in [-0.2, 0) is 12.8 Å². The van der Waals surface area contributed by atoms with E-state index in [0.717, 1.165) is 12.8 Å². The number of nitrogens with two attached hydrogens (primary N) is 1. The van der Waals surface area contributed by atoms with Crippen molar-refractivity contribution >= 4 is 0 Å². The third kappa shape index (κ3) is 7.39. The van der Waals surface area contributed by atoms with Crippen LogP contribution in [0, 0.1) is 0 Å². The van der Waals surface area contributed by atoms with Gasteiger partial charge in [0.05, 0.1) is 6.61 Å². The number of aliphatic hydroxyl groups excluding tert-OH is 1. The number of aryl methyl sites for hydroxylation is 2. The van der Waals surface area contributed by atoms with Gasteiger partial charge in [-0.1, -0.05) is 63.3 Å². The van der Waals surface area contributed by atoms with E-state index in [0.29, 0.717) is 6.42 Å². The van der Waals surface area contributed by atoms with E-state index >= 15 is 0 Å². The highest BCUT2D eigenvalue weighted by Gasteiger charge is 2.23. The molecule has 0 amide bonds. The van der Waals surface area contributed by atoms with Gasteiger partial charge >= 0.3 is 0 Å². The van der Waals surface area contributed by atoms with Crippen molar-refractivity contribution in [2.24, 2.45) is 5.73 Å². The fourth-order valence-electron chi connectivity index (χ4n) is 2.60. The van der Waals surface area contributed by atoms with E-state index in [-0.39, 0.29) is 13.2 Å². The molecule has 0 heterocycles. The Balaban J connectivity index is 2.28. The Bertz CT molecular complexity index is 385. The summed E-state index contributed by atoms with van der Waals surface area (Å²) < 4.78 is 0. The summed E-state index contributed by atoms with van der Waals surface area (Å²) in [4.78, 5) is 0. The zero-order valence-corrected chi connectivity index (χ0v) is 14.1. The maximum atomic E-state index is 9.97. The van der Waals surface area contributed by atoms with Crippen LogP contribution in [0.3, 0.4) is 0 Å². The Kier molecular flexibility index (Phi) is 9.37. The Labute approximate surface area is 135 Å². The highest BCUT2D eigenvalue weighted by Crippen LogP contribution is 2.15. The van der Waals surface area contributed by atoms with Crippen molar-refractivity contribution < 1.29 is 10.2 Å². The van der Waals surface area contributed by atoms with Crippen LogP contribution in [0.25, 0.3) is 0 Å². The molecule has 1 atom stereocenters. The molecule has 0 aliphatic carbocycles. The lowest BCUT2D eigenvalue weighted by Crippen LogP contribution is -2.41. The third-order valence-electron chi connectivity index (χ3n) is 4.40. The van der Waals surface area contributed by atoms with Crippen LogP contribution in [0.2, 0.25) is 0 Å². The predicted molar refractivity (Wildman–Crippen MR) is 92.9 cm³/mol. The van der Waals surface area contributed by atoms with E-state index in [4.69, 9.17) is 10.8 Å². The molecular formula is C19H33NO2. The summed E-state index contributed by atoms with van der Waals surface area (Å²) in [7, 11) is 0. The molecule has 0 bridgehead atoms. The number of hydrogen-bond acceptors (Lipinski definition) is 3. The Morgan fingerprint density at radius 2 is 1.45 bits per heavy atom. The second kappa shape index (κ2) is 10.8. The summed E-state index contributed by atoms with van der Waals surface area (Å²) in [5.74, 6) is 0. The fourth-order valence-corrected chi connectivity index (χ4v) is 2.60. The maximum Gasteiger partial charge on any atom is 0.100 e. The molecule has 0 spiro atoms. The van der Waals surface area contributed by atoms with Gasteiger partial charge in [-0.25, -0.2) is 0 Å². The minimum absolute atomic E-state index is 0.0968. The normalized spacial score (nSPS) is 14.0. The molecule has 4 N–H and O–H groups in total. The van der Waals surface area contributed by atoms with Crippen LogP contribution >= 0.6 is 0 Å². The maximum absolute atomic E-state index is 9.97. The molecule has 0 fully saturated rings. The summed E-state index contributed by atoms with van der Waals surface area (Å²) >= 11 is 0. The first-order valence-corrected chi connectivity index (χ1v) is 8.74. The molecule has 0 aromatic heterocycles. The van der Waals surface area contributed by atoms with E-state index in [1.54, 1.807) is 0 Å². The van der Waals surface area contributed by atoms with Gasteiger partial charge in [0.25, 0.3) is 0 Å². The zero-order chi connectivity index (χ0) is 16.3. The largest absolute Gasteiger partial charge is 0.393 e. The molecule has 0 aliphatic heterocycles. The van der Waals surface area contributed by atoms with Crippen molar-refractivity contribution in [1.82, 2.24) is 0 Å². The first-order valence-electron chi connectivity index (χ1n) is 8.74. The number of benzene rings is 1. The molecule has 1 unspecified atom stereocenters. The molecule has 22 heavy (non-hydrogen) atoms. The molecule has 0 saturated carbocycles. The number of hydrogen-bond donors (Lipinski definition) is 3. The summed E-state index contributed by atoms with van der Waals surface area (Å²) in [6, 6.07) is 8.62. The Morgan fingerprint density at radius 1 is 0.909 bits per heavy atom. The molecule has 0 radical (unpaired) electrons. The van der Waals surface area contributed by atoms with Crippen molar-refractivity contribution in [3.8, 4) is 0 Å². The summed E-state index contributed by atoms with van der Waals surface area (Å²) in [6.07, 6.45) is 10.4. The van der Waals surface area contributed by atoms with E-state index in [1.165, 1.54) is 49.7 Å². The quantitative estimate of drug-likeness (QED) is 0.519. The fraction of sp³-hybridized carbons (Fsp3) is 0.684.